The van der Waals surface area contributed by atoms with Crippen LogP contribution < -0.4 is 14.3 Å². The van der Waals surface area contributed by atoms with Crippen molar-refractivity contribution in [1.29, 1.82) is 0 Å². The van der Waals surface area contributed by atoms with E-state index >= 15 is 0 Å². The van der Waals surface area contributed by atoms with Gasteiger partial charge in [0.1, 0.15) is 13.2 Å². The van der Waals surface area contributed by atoms with Crippen LogP contribution in [0.15, 0.2) is 83.2 Å². The Morgan fingerprint density at radius 2 is 1.74 bits per heavy atom. The molecule has 4 aromatic rings. The van der Waals surface area contributed by atoms with E-state index in [1.807, 2.05) is 6.07 Å². The van der Waals surface area contributed by atoms with Gasteiger partial charge in [0.05, 0.1) is 11.4 Å². The van der Waals surface area contributed by atoms with Crippen molar-refractivity contribution in [2.75, 3.05) is 13.2 Å². The van der Waals surface area contributed by atoms with Crippen LogP contribution in [0.5, 0.6) is 11.5 Å². The van der Waals surface area contributed by atoms with Gasteiger partial charge in [-0.1, -0.05) is 42.5 Å². The lowest BCUT2D eigenvalue weighted by atomic mass is 10.1. The summed E-state index contributed by atoms with van der Waals surface area (Å²) in [6.07, 6.45) is 0.941. The number of aryl methyl sites for hydroxylation is 2. The topological polar surface area (TPSA) is 35.8 Å². The van der Waals surface area contributed by atoms with Crippen molar-refractivity contribution in [2.45, 2.75) is 19.9 Å². The van der Waals surface area contributed by atoms with E-state index in [-0.39, 0.29) is 0 Å². The van der Waals surface area contributed by atoms with Gasteiger partial charge in [-0.05, 0) is 54.8 Å². The number of benzene rings is 3. The van der Waals surface area contributed by atoms with Gasteiger partial charge in [0.2, 0.25) is 0 Å². The summed E-state index contributed by atoms with van der Waals surface area (Å²) in [5.74, 6) is 1.62. The molecule has 0 aliphatic carbocycles. The van der Waals surface area contributed by atoms with E-state index in [0.717, 1.165) is 46.2 Å². The van der Waals surface area contributed by atoms with Gasteiger partial charge in [0.25, 0.3) is 0 Å². The first-order valence-corrected chi connectivity index (χ1v) is 11.4. The molecule has 1 aliphatic rings. The van der Waals surface area contributed by atoms with Crippen LogP contribution in [0.2, 0.25) is 0 Å². The molecule has 4 nitrogen and oxygen atoms in total. The van der Waals surface area contributed by atoms with Crippen LogP contribution in [0, 0.1) is 6.92 Å². The highest BCUT2D eigenvalue weighted by Gasteiger charge is 2.15. The van der Waals surface area contributed by atoms with Gasteiger partial charge in [-0.25, -0.2) is 4.99 Å². The highest BCUT2D eigenvalue weighted by Crippen LogP contribution is 2.34. The van der Waals surface area contributed by atoms with Gasteiger partial charge in [0, 0.05) is 17.5 Å². The molecule has 0 atom stereocenters. The summed E-state index contributed by atoms with van der Waals surface area (Å²) < 4.78 is 13.8. The van der Waals surface area contributed by atoms with Crippen molar-refractivity contribution in [3.63, 3.8) is 0 Å². The molecule has 1 aliphatic heterocycles. The molecule has 3 aromatic carbocycles. The van der Waals surface area contributed by atoms with Gasteiger partial charge in [-0.3, -0.25) is 0 Å². The Hall–Kier alpha value is -3.31. The van der Waals surface area contributed by atoms with E-state index in [1.54, 1.807) is 11.3 Å². The van der Waals surface area contributed by atoms with Crippen LogP contribution in [0.1, 0.15) is 11.1 Å². The molecule has 0 radical (unpaired) electrons. The molecule has 0 amide bonds. The summed E-state index contributed by atoms with van der Waals surface area (Å²) >= 11 is 1.67. The fourth-order valence-corrected chi connectivity index (χ4v) is 4.72. The van der Waals surface area contributed by atoms with Gasteiger partial charge < -0.3 is 14.0 Å². The minimum atomic E-state index is 0.585. The van der Waals surface area contributed by atoms with E-state index in [9.17, 15) is 0 Å². The molecule has 5 heteroatoms. The van der Waals surface area contributed by atoms with E-state index in [4.69, 9.17) is 14.5 Å². The number of hydrogen-bond donors (Lipinski definition) is 0. The average Bonchev–Trinajstić information content (AvgIpc) is 3.20. The predicted molar refractivity (Wildman–Crippen MR) is 125 cm³/mol. The summed E-state index contributed by atoms with van der Waals surface area (Å²) in [6.45, 7) is 4.13. The minimum absolute atomic E-state index is 0.585. The molecule has 0 saturated heterocycles. The van der Waals surface area contributed by atoms with E-state index in [1.165, 1.54) is 11.1 Å². The Bertz CT molecular complexity index is 1260. The molecule has 0 spiro atoms. The number of rotatable bonds is 5. The van der Waals surface area contributed by atoms with Crippen LogP contribution >= 0.6 is 11.3 Å². The van der Waals surface area contributed by atoms with Gasteiger partial charge in [0.15, 0.2) is 16.3 Å². The predicted octanol–water partition coefficient (Wildman–Crippen LogP) is 5.77. The third-order valence-corrected chi connectivity index (χ3v) is 6.19. The molecule has 0 saturated carbocycles. The number of ether oxygens (including phenoxy) is 2. The smallest absolute Gasteiger partial charge is 0.190 e. The summed E-state index contributed by atoms with van der Waals surface area (Å²) in [5.41, 5.74) is 5.75. The van der Waals surface area contributed by atoms with Crippen LogP contribution in [-0.4, -0.2) is 17.8 Å². The molecule has 0 bridgehead atoms. The van der Waals surface area contributed by atoms with Crippen LogP contribution in [0.25, 0.3) is 11.3 Å². The normalized spacial score (nSPS) is 13.4. The van der Waals surface area contributed by atoms with Crippen molar-refractivity contribution in [2.24, 2.45) is 4.99 Å². The minimum Gasteiger partial charge on any atom is -0.486 e. The molecule has 2 heterocycles. The lowest BCUT2D eigenvalue weighted by Crippen LogP contribution is -2.18. The first-order valence-electron chi connectivity index (χ1n) is 10.5. The monoisotopic (exact) mass is 428 g/mol. The third-order valence-electron chi connectivity index (χ3n) is 5.33. The fourth-order valence-electron chi connectivity index (χ4n) is 3.76. The fraction of sp³-hybridized carbons (Fsp3) is 0.192. The molecule has 0 unspecified atom stereocenters. The summed E-state index contributed by atoms with van der Waals surface area (Å²) in [5, 5.41) is 2.19. The largest absolute Gasteiger partial charge is 0.486 e. The zero-order valence-corrected chi connectivity index (χ0v) is 18.3. The maximum Gasteiger partial charge on any atom is 0.190 e. The molecule has 5 rings (SSSR count). The van der Waals surface area contributed by atoms with Gasteiger partial charge >= 0.3 is 0 Å². The second-order valence-electron chi connectivity index (χ2n) is 7.60. The second-order valence-corrected chi connectivity index (χ2v) is 8.44. The molecule has 0 fully saturated rings. The Kier molecular flexibility index (Phi) is 5.59. The number of aromatic nitrogens is 1. The lowest BCUT2D eigenvalue weighted by molar-refractivity contribution is 0.171. The highest BCUT2D eigenvalue weighted by molar-refractivity contribution is 7.07. The summed E-state index contributed by atoms with van der Waals surface area (Å²) in [4.78, 5) is 5.97. The van der Waals surface area contributed by atoms with Gasteiger partial charge in [-0.2, -0.15) is 0 Å². The number of nitrogens with zero attached hydrogens (tertiary/aromatic N) is 2. The van der Waals surface area contributed by atoms with Crippen LogP contribution in [-0.2, 0) is 13.0 Å². The molecular formula is C26H24N2O2S. The summed E-state index contributed by atoms with van der Waals surface area (Å²) in [6, 6.07) is 25.1. The molecular weight excluding hydrogens is 404 g/mol. The highest BCUT2D eigenvalue weighted by atomic mass is 32.1. The van der Waals surface area contributed by atoms with Crippen LogP contribution in [0.3, 0.4) is 0 Å². The Labute approximate surface area is 186 Å². The Balaban J connectivity index is 1.57. The van der Waals surface area contributed by atoms with E-state index in [2.05, 4.69) is 83.6 Å². The average molecular weight is 429 g/mol. The van der Waals surface area contributed by atoms with Crippen molar-refractivity contribution >= 4 is 17.0 Å². The second kappa shape index (κ2) is 8.82. The third kappa shape index (κ3) is 4.42. The van der Waals surface area contributed by atoms with Crippen LogP contribution in [0.4, 0.5) is 5.69 Å². The van der Waals surface area contributed by atoms with Crippen molar-refractivity contribution < 1.29 is 9.47 Å². The molecule has 156 valence electrons. The standard InChI is InChI=1S/C26H24N2O2S/c1-19-6-5-9-22(16-19)27-26-28(13-12-20-7-3-2-4-8-20)23(18-31-26)21-10-11-24-25(17-21)30-15-14-29-24/h2-11,16-18H,12-15H2,1H3. The number of hydrogen-bond acceptors (Lipinski definition) is 4. The summed E-state index contributed by atoms with van der Waals surface area (Å²) in [7, 11) is 0. The quantitative estimate of drug-likeness (QED) is 0.404. The maximum absolute atomic E-state index is 5.82. The molecule has 1 aromatic heterocycles. The first kappa shape index (κ1) is 19.6. The van der Waals surface area contributed by atoms with E-state index < -0.39 is 0 Å². The van der Waals surface area contributed by atoms with Crippen molar-refractivity contribution in [3.05, 3.63) is 94.1 Å². The zero-order valence-electron chi connectivity index (χ0n) is 17.5. The first-order chi connectivity index (χ1) is 15.3. The van der Waals surface area contributed by atoms with Crippen molar-refractivity contribution in [3.8, 4) is 22.8 Å². The number of thiazole rings is 1. The molecule has 0 N–H and O–H groups in total. The Morgan fingerprint density at radius 3 is 2.58 bits per heavy atom. The van der Waals surface area contributed by atoms with E-state index in [0.29, 0.717) is 13.2 Å². The SMILES string of the molecule is Cc1cccc(N=c2scc(-c3ccc4c(c3)OCCO4)n2CCc2ccccc2)c1. The number of fused-ring (bicyclic) bond motifs is 1. The van der Waals surface area contributed by atoms with Gasteiger partial charge in [-0.15, -0.1) is 11.3 Å². The molecule has 31 heavy (non-hydrogen) atoms. The zero-order chi connectivity index (χ0) is 21.0. The lowest BCUT2D eigenvalue weighted by Gasteiger charge is -2.19. The maximum atomic E-state index is 5.82. The van der Waals surface area contributed by atoms with Crippen molar-refractivity contribution in [1.82, 2.24) is 4.57 Å². The Morgan fingerprint density at radius 1 is 0.903 bits per heavy atom.